The number of hydrogen-bond donors (Lipinski definition) is 0. The number of nitrogens with zero attached hydrogens (tertiary/aromatic N) is 4. The van der Waals surface area contributed by atoms with Gasteiger partial charge in [0.1, 0.15) is 6.54 Å². The van der Waals surface area contributed by atoms with Crippen molar-refractivity contribution in [3.63, 3.8) is 0 Å². The number of fused-ring (bicyclic) bond motifs is 2. The zero-order chi connectivity index (χ0) is 44.0. The molecule has 0 bridgehead atoms. The topological polar surface area (TPSA) is 16.1 Å². The van der Waals surface area contributed by atoms with Crippen LogP contribution in [-0.2, 0) is 30.0 Å². The van der Waals surface area contributed by atoms with Crippen molar-refractivity contribution in [1.82, 2.24) is 9.13 Å². The molecule has 0 spiro atoms. The van der Waals surface area contributed by atoms with Crippen LogP contribution in [0.15, 0.2) is 158 Å². The Balaban J connectivity index is 0.000000192. The van der Waals surface area contributed by atoms with Gasteiger partial charge in [-0.2, -0.15) is 4.58 Å². The zero-order valence-corrected chi connectivity index (χ0v) is 38.0. The Morgan fingerprint density at radius 2 is 1.13 bits per heavy atom. The minimum atomic E-state index is -1.94. The van der Waals surface area contributed by atoms with Crippen molar-refractivity contribution in [3.05, 3.63) is 192 Å². The van der Waals surface area contributed by atoms with Crippen LogP contribution in [0.1, 0.15) is 78.4 Å². The quantitative estimate of drug-likeness (QED) is 0.0489. The summed E-state index contributed by atoms with van der Waals surface area (Å²) in [5, 5.41) is 0. The van der Waals surface area contributed by atoms with Gasteiger partial charge in [0.2, 0.25) is 5.69 Å². The molecule has 0 saturated carbocycles. The molecule has 6 aromatic rings. The molecule has 2 aliphatic heterocycles. The van der Waals surface area contributed by atoms with Gasteiger partial charge >= 0.3 is 162 Å². The maximum atomic E-state index is 14.9. The van der Waals surface area contributed by atoms with Crippen LogP contribution >= 0.6 is 0 Å². The first-order valence-corrected chi connectivity index (χ1v) is 23.1. The predicted octanol–water partition coefficient (Wildman–Crippen LogP) is 12.3. The van der Waals surface area contributed by atoms with Crippen LogP contribution in [0.25, 0.3) is 11.4 Å². The van der Waals surface area contributed by atoms with E-state index in [1.807, 2.05) is 0 Å². The number of para-hydroxylation sites is 2. The van der Waals surface area contributed by atoms with Gasteiger partial charge in [0.05, 0.1) is 5.41 Å². The second-order valence-electron chi connectivity index (χ2n) is 16.8. The van der Waals surface area contributed by atoms with E-state index < -0.39 is 42.4 Å². The summed E-state index contributed by atoms with van der Waals surface area (Å²) >= 11 is -1.94. The zero-order valence-electron chi connectivity index (χ0n) is 36.5. The van der Waals surface area contributed by atoms with Crippen molar-refractivity contribution in [1.29, 1.82) is 0 Å². The number of halogens is 4. The Morgan fingerprint density at radius 3 is 1.71 bits per heavy atom. The second kappa shape index (κ2) is 19.3. The summed E-state index contributed by atoms with van der Waals surface area (Å²) in [6.45, 7) is 16.1. The molecule has 0 N–H and O–H groups in total. The van der Waals surface area contributed by atoms with Crippen molar-refractivity contribution in [3.8, 4) is 11.4 Å². The Bertz CT molecular complexity index is 2550. The summed E-state index contributed by atoms with van der Waals surface area (Å²) < 4.78 is 63.5. The number of allylic oxidation sites excluding steroid dienone is 6. The fraction of sp³-hybridized carbons (Fsp3) is 0.264. The molecule has 0 atom stereocenters. The molecule has 2 aromatic heterocycles. The van der Waals surface area contributed by atoms with Crippen molar-refractivity contribution in [2.45, 2.75) is 78.1 Å². The Kier molecular flexibility index (Phi) is 13.9. The third-order valence-electron chi connectivity index (χ3n) is 12.0. The Morgan fingerprint density at radius 1 is 0.581 bits per heavy atom. The van der Waals surface area contributed by atoms with E-state index in [0.29, 0.717) is 0 Å². The van der Waals surface area contributed by atoms with Crippen LogP contribution in [0.4, 0.5) is 28.9 Å². The normalized spacial score (nSPS) is 15.6. The molecule has 4 nitrogen and oxygen atoms in total. The van der Waals surface area contributed by atoms with Gasteiger partial charge in [0.15, 0.2) is 5.71 Å². The van der Waals surface area contributed by atoms with Crippen molar-refractivity contribution >= 4 is 24.8 Å². The average Bonchev–Trinajstić information content (AvgIpc) is 4.07. The molecule has 0 saturated heterocycles. The summed E-state index contributed by atoms with van der Waals surface area (Å²) in [6, 6.07) is 29.5. The second-order valence-corrected chi connectivity index (χ2v) is 18.7. The molecular weight excluding hydrogens is 816 g/mol. The predicted molar refractivity (Wildman–Crippen MR) is 243 cm³/mol. The van der Waals surface area contributed by atoms with Crippen LogP contribution in [0, 0.1) is 23.3 Å². The van der Waals surface area contributed by atoms with Crippen molar-refractivity contribution in [2.75, 3.05) is 18.0 Å². The van der Waals surface area contributed by atoms with E-state index >= 15 is 0 Å². The number of benzene rings is 4. The van der Waals surface area contributed by atoms with E-state index in [0.717, 1.165) is 25.2 Å². The fourth-order valence-corrected chi connectivity index (χ4v) is 10.3. The van der Waals surface area contributed by atoms with E-state index in [2.05, 4.69) is 130 Å². The van der Waals surface area contributed by atoms with Gasteiger partial charge in [-0.05, 0) is 38.0 Å². The summed E-state index contributed by atoms with van der Waals surface area (Å²) in [6.07, 6.45) is 22.6. The van der Waals surface area contributed by atoms with Gasteiger partial charge in [-0.15, -0.1) is 0 Å². The van der Waals surface area contributed by atoms with E-state index in [4.69, 9.17) is 0 Å². The fourth-order valence-electron chi connectivity index (χ4n) is 8.58. The minimum absolute atomic E-state index is 0.0131. The number of rotatable bonds is 13. The first-order valence-electron chi connectivity index (χ1n) is 21.6. The number of hydrogen-bond acceptors (Lipinski definition) is 1. The number of anilines is 1. The molecule has 0 fully saturated rings. The van der Waals surface area contributed by atoms with Gasteiger partial charge < -0.3 is 4.90 Å². The van der Waals surface area contributed by atoms with Gasteiger partial charge in [0, 0.05) is 47.5 Å². The summed E-state index contributed by atoms with van der Waals surface area (Å²) in [4.78, 5) is 2.53. The van der Waals surface area contributed by atoms with Crippen molar-refractivity contribution < 1.29 is 41.3 Å². The van der Waals surface area contributed by atoms with Gasteiger partial charge in [-0.1, -0.05) is 95.2 Å². The molecule has 0 aliphatic carbocycles. The maximum absolute atomic E-state index is 14.9. The van der Waals surface area contributed by atoms with E-state index in [9.17, 15) is 17.6 Å². The molecule has 62 heavy (non-hydrogen) atoms. The van der Waals surface area contributed by atoms with Crippen LogP contribution in [-0.4, -0.2) is 32.5 Å². The first-order chi connectivity index (χ1) is 29.9. The standard InChI is InChI=1S/C33H43N2.2C10H6F2N.Ti/c1-7-9-24-34-28-20-16-14-18-26(28)32(3,4)30(34)22-12-11-13-23-31-33(5,6)27-19-15-17-21-29(27)35(31)25-10-8-2;2*11-8-3-4-10(9(12)7-8)13-5-1-2-6-13;/h11-23H,7-10,24-25H2,1-6H3;2*1-6H;/q+1;;;+2. The van der Waals surface area contributed by atoms with Crippen LogP contribution in [0.5, 0.6) is 0 Å². The molecular formula is C53H55F4N4Ti+3. The third-order valence-corrected chi connectivity index (χ3v) is 14.2. The first kappa shape index (κ1) is 44.6. The molecule has 0 radical (unpaired) electrons. The van der Waals surface area contributed by atoms with Gasteiger partial charge in [-0.3, -0.25) is 0 Å². The van der Waals surface area contributed by atoms with Crippen LogP contribution in [0.3, 0.4) is 0 Å². The molecule has 9 heteroatoms. The van der Waals surface area contributed by atoms with E-state index in [1.54, 1.807) is 49.1 Å². The molecule has 0 amide bonds. The third kappa shape index (κ3) is 8.91. The summed E-state index contributed by atoms with van der Waals surface area (Å²) in [5.74, 6) is -3.19. The molecule has 8 rings (SSSR count). The summed E-state index contributed by atoms with van der Waals surface area (Å²) in [5.41, 5.74) is 8.69. The molecule has 4 aromatic carbocycles. The molecule has 2 aliphatic rings. The number of aromatic nitrogens is 2. The van der Waals surface area contributed by atoms with Crippen LogP contribution < -0.4 is 12.6 Å². The van der Waals surface area contributed by atoms with Crippen molar-refractivity contribution in [2.24, 2.45) is 0 Å². The molecule has 4 heterocycles. The summed E-state index contributed by atoms with van der Waals surface area (Å²) in [7, 11) is 0. The molecule has 316 valence electrons. The Labute approximate surface area is 373 Å². The van der Waals surface area contributed by atoms with Crippen LogP contribution in [0.2, 0.25) is 0 Å². The van der Waals surface area contributed by atoms with Gasteiger partial charge in [-0.25, -0.2) is 0 Å². The van der Waals surface area contributed by atoms with Gasteiger partial charge in [0.25, 0.3) is 0 Å². The molecule has 0 unspecified atom stereocenters. The van der Waals surface area contributed by atoms with E-state index in [-0.39, 0.29) is 29.9 Å². The number of unbranched alkanes of at least 4 members (excludes halogenated alkanes) is 2. The SMILES string of the molecule is CCCCN1C(=CC=CC=CC2=[N+](CCCC)c3ccccc3C2(C)C)C(C)(C)c2ccccc21.Fc1ccc(-n2cccc2)c(F)[c]1[Ti+2][c]1c(F)ccc(-n2cccc2)c1F. The van der Waals surface area contributed by atoms with E-state index in [1.165, 1.54) is 80.9 Å². The Hall–Kier alpha value is -5.44. The monoisotopic (exact) mass is 871 g/mol. The average molecular weight is 872 g/mol.